The van der Waals surface area contributed by atoms with Gasteiger partial charge in [-0.05, 0) is 55.9 Å². The summed E-state index contributed by atoms with van der Waals surface area (Å²) in [7, 11) is 3.57. The van der Waals surface area contributed by atoms with Crippen LogP contribution in [0.5, 0.6) is 0 Å². The minimum atomic E-state index is -0.249. The molecule has 3 rings (SSSR count). The van der Waals surface area contributed by atoms with Crippen LogP contribution >= 0.6 is 0 Å². The standard InChI is InChI=1S/C19H25N3O2/c1-21(2)19(23)18-8-7-17(24-18)15-9-11-22(12-10-15)16-5-3-14(13-20)4-6-16/h3-6,15,17-18H,7-12H2,1-2H3/t17-,18+/m0/s1. The fourth-order valence-electron chi connectivity index (χ4n) is 3.76. The fraction of sp³-hybridized carbons (Fsp3) is 0.579. The van der Waals surface area contributed by atoms with Crippen molar-refractivity contribution in [2.75, 3.05) is 32.1 Å². The van der Waals surface area contributed by atoms with Crippen molar-refractivity contribution >= 4 is 11.6 Å². The van der Waals surface area contributed by atoms with Crippen LogP contribution in [0.15, 0.2) is 24.3 Å². The van der Waals surface area contributed by atoms with E-state index < -0.39 is 0 Å². The van der Waals surface area contributed by atoms with E-state index in [1.807, 2.05) is 24.3 Å². The predicted octanol–water partition coefficient (Wildman–Crippen LogP) is 2.41. The van der Waals surface area contributed by atoms with Crippen molar-refractivity contribution in [2.45, 2.75) is 37.9 Å². The number of benzene rings is 1. The van der Waals surface area contributed by atoms with Crippen LogP contribution in [0.2, 0.25) is 0 Å². The van der Waals surface area contributed by atoms with Crippen molar-refractivity contribution in [1.82, 2.24) is 4.90 Å². The van der Waals surface area contributed by atoms with E-state index in [4.69, 9.17) is 10.00 Å². The normalized spacial score (nSPS) is 24.6. The molecule has 5 heteroatoms. The van der Waals surface area contributed by atoms with Gasteiger partial charge in [-0.15, -0.1) is 0 Å². The first-order valence-electron chi connectivity index (χ1n) is 8.70. The Bertz CT molecular complexity index is 612. The van der Waals surface area contributed by atoms with Crippen LogP contribution in [0.3, 0.4) is 0 Å². The van der Waals surface area contributed by atoms with Gasteiger partial charge in [0.1, 0.15) is 6.10 Å². The van der Waals surface area contributed by atoms with Gasteiger partial charge in [-0.25, -0.2) is 0 Å². The second kappa shape index (κ2) is 7.23. The number of nitriles is 1. The highest BCUT2D eigenvalue weighted by Crippen LogP contribution is 2.33. The number of anilines is 1. The highest BCUT2D eigenvalue weighted by atomic mass is 16.5. The molecule has 0 unspecified atom stereocenters. The monoisotopic (exact) mass is 327 g/mol. The molecular weight excluding hydrogens is 302 g/mol. The molecule has 5 nitrogen and oxygen atoms in total. The Morgan fingerprint density at radius 1 is 1.17 bits per heavy atom. The van der Waals surface area contributed by atoms with Crippen LogP contribution in [0.25, 0.3) is 0 Å². The number of rotatable bonds is 3. The summed E-state index contributed by atoms with van der Waals surface area (Å²) in [4.78, 5) is 16.0. The van der Waals surface area contributed by atoms with Crippen LogP contribution in [0, 0.1) is 17.2 Å². The molecule has 2 saturated heterocycles. The lowest BCUT2D eigenvalue weighted by Gasteiger charge is -2.36. The van der Waals surface area contributed by atoms with Crippen LogP contribution < -0.4 is 4.90 Å². The molecule has 0 bridgehead atoms. The Balaban J connectivity index is 1.52. The molecule has 128 valence electrons. The molecular formula is C19H25N3O2. The first kappa shape index (κ1) is 16.8. The van der Waals surface area contributed by atoms with Gasteiger partial charge in [0.2, 0.25) is 0 Å². The SMILES string of the molecule is CN(C)C(=O)[C@H]1CC[C@@H](C2CCN(c3ccc(C#N)cc3)CC2)O1. The Labute approximate surface area is 143 Å². The van der Waals surface area contributed by atoms with Gasteiger partial charge >= 0.3 is 0 Å². The van der Waals surface area contributed by atoms with Gasteiger partial charge in [0, 0.05) is 32.9 Å². The Hall–Kier alpha value is -2.06. The average Bonchev–Trinajstić information content (AvgIpc) is 3.11. The Morgan fingerprint density at radius 2 is 1.83 bits per heavy atom. The number of hydrogen-bond acceptors (Lipinski definition) is 4. The quantitative estimate of drug-likeness (QED) is 0.855. The van der Waals surface area contributed by atoms with E-state index in [1.54, 1.807) is 19.0 Å². The molecule has 1 amide bonds. The van der Waals surface area contributed by atoms with Gasteiger partial charge < -0.3 is 14.5 Å². The van der Waals surface area contributed by atoms with E-state index in [0.29, 0.717) is 11.5 Å². The Kier molecular flexibility index (Phi) is 5.06. The second-order valence-electron chi connectivity index (χ2n) is 6.96. The van der Waals surface area contributed by atoms with Crippen LogP contribution in [0.1, 0.15) is 31.2 Å². The summed E-state index contributed by atoms with van der Waals surface area (Å²) >= 11 is 0. The lowest BCUT2D eigenvalue weighted by Crippen LogP contribution is -2.39. The van der Waals surface area contributed by atoms with Crippen molar-refractivity contribution < 1.29 is 9.53 Å². The molecule has 0 spiro atoms. The van der Waals surface area contributed by atoms with Gasteiger partial charge in [0.15, 0.2) is 0 Å². The van der Waals surface area contributed by atoms with Gasteiger partial charge in [0.25, 0.3) is 5.91 Å². The molecule has 0 N–H and O–H groups in total. The summed E-state index contributed by atoms with van der Waals surface area (Å²) in [5.74, 6) is 0.632. The molecule has 0 saturated carbocycles. The number of hydrogen-bond donors (Lipinski definition) is 0. The van der Waals surface area contributed by atoms with E-state index >= 15 is 0 Å². The third kappa shape index (κ3) is 3.54. The summed E-state index contributed by atoms with van der Waals surface area (Å²) in [5.41, 5.74) is 1.88. The molecule has 1 aromatic carbocycles. The number of piperidine rings is 1. The van der Waals surface area contributed by atoms with E-state index in [-0.39, 0.29) is 18.1 Å². The second-order valence-corrected chi connectivity index (χ2v) is 6.96. The maximum absolute atomic E-state index is 12.0. The van der Waals surface area contributed by atoms with Gasteiger partial charge in [0.05, 0.1) is 17.7 Å². The summed E-state index contributed by atoms with van der Waals surface area (Å²) in [5, 5.41) is 8.88. The first-order chi connectivity index (χ1) is 11.6. The molecule has 2 heterocycles. The van der Waals surface area contributed by atoms with E-state index in [2.05, 4.69) is 11.0 Å². The molecule has 24 heavy (non-hydrogen) atoms. The first-order valence-corrected chi connectivity index (χ1v) is 8.70. The zero-order valence-electron chi connectivity index (χ0n) is 14.4. The summed E-state index contributed by atoms with van der Waals surface area (Å²) < 4.78 is 6.05. The third-order valence-corrected chi connectivity index (χ3v) is 5.20. The summed E-state index contributed by atoms with van der Waals surface area (Å²) in [6, 6.07) is 9.95. The number of amides is 1. The third-order valence-electron chi connectivity index (χ3n) is 5.20. The smallest absolute Gasteiger partial charge is 0.251 e. The summed E-state index contributed by atoms with van der Waals surface area (Å²) in [6.07, 6.45) is 3.99. The number of ether oxygens (including phenoxy) is 1. The van der Waals surface area contributed by atoms with Crippen molar-refractivity contribution in [3.05, 3.63) is 29.8 Å². The summed E-state index contributed by atoms with van der Waals surface area (Å²) in [6.45, 7) is 2.01. The molecule has 0 radical (unpaired) electrons. The van der Waals surface area contributed by atoms with Gasteiger partial charge in [-0.1, -0.05) is 0 Å². The molecule has 2 fully saturated rings. The molecule has 0 aliphatic carbocycles. The molecule has 0 aromatic heterocycles. The van der Waals surface area contributed by atoms with E-state index in [0.717, 1.165) is 38.8 Å². The fourth-order valence-corrected chi connectivity index (χ4v) is 3.76. The van der Waals surface area contributed by atoms with Crippen LogP contribution in [0.4, 0.5) is 5.69 Å². The van der Waals surface area contributed by atoms with Crippen molar-refractivity contribution in [3.8, 4) is 6.07 Å². The largest absolute Gasteiger partial charge is 0.372 e. The minimum absolute atomic E-state index is 0.0903. The number of likely N-dealkylation sites (N-methyl/N-ethyl adjacent to an activating group) is 1. The van der Waals surface area contributed by atoms with Crippen LogP contribution in [-0.2, 0) is 9.53 Å². The maximum Gasteiger partial charge on any atom is 0.251 e. The Morgan fingerprint density at radius 3 is 2.42 bits per heavy atom. The predicted molar refractivity (Wildman–Crippen MR) is 92.7 cm³/mol. The number of carbonyl (C=O) groups is 1. The van der Waals surface area contributed by atoms with Crippen LogP contribution in [-0.4, -0.2) is 50.2 Å². The highest BCUT2D eigenvalue weighted by Gasteiger charge is 2.37. The number of nitrogens with zero attached hydrogens (tertiary/aromatic N) is 3. The van der Waals surface area contributed by atoms with Gasteiger partial charge in [-0.2, -0.15) is 5.26 Å². The number of carbonyl (C=O) groups excluding carboxylic acids is 1. The lowest BCUT2D eigenvalue weighted by molar-refractivity contribution is -0.141. The van der Waals surface area contributed by atoms with Crippen molar-refractivity contribution in [1.29, 1.82) is 5.26 Å². The molecule has 2 aliphatic heterocycles. The van der Waals surface area contributed by atoms with Crippen molar-refractivity contribution in [3.63, 3.8) is 0 Å². The zero-order chi connectivity index (χ0) is 17.1. The van der Waals surface area contributed by atoms with E-state index in [9.17, 15) is 4.79 Å². The average molecular weight is 327 g/mol. The topological polar surface area (TPSA) is 56.6 Å². The van der Waals surface area contributed by atoms with Crippen molar-refractivity contribution in [2.24, 2.45) is 5.92 Å². The maximum atomic E-state index is 12.0. The molecule has 2 aliphatic rings. The zero-order valence-corrected chi connectivity index (χ0v) is 14.4. The molecule has 2 atom stereocenters. The highest BCUT2D eigenvalue weighted by molar-refractivity contribution is 5.80. The minimum Gasteiger partial charge on any atom is -0.372 e. The molecule has 1 aromatic rings. The van der Waals surface area contributed by atoms with Gasteiger partial charge in [-0.3, -0.25) is 4.79 Å². The van der Waals surface area contributed by atoms with E-state index in [1.165, 1.54) is 5.69 Å². The lowest BCUT2D eigenvalue weighted by atomic mass is 9.89.